The highest BCUT2D eigenvalue weighted by Gasteiger charge is 2.30. The first kappa shape index (κ1) is 25.9. The van der Waals surface area contributed by atoms with E-state index >= 15 is 0 Å². The Hall–Kier alpha value is -2.69. The van der Waals surface area contributed by atoms with Gasteiger partial charge in [-0.2, -0.15) is 0 Å². The lowest BCUT2D eigenvalue weighted by Gasteiger charge is -2.31. The van der Waals surface area contributed by atoms with Gasteiger partial charge >= 0.3 is 0 Å². The fraction of sp³-hybridized carbons (Fsp3) is 0.517. The zero-order chi connectivity index (χ0) is 24.7. The Morgan fingerprint density at radius 3 is 2.15 bits per heavy atom. The molecule has 0 bridgehead atoms. The van der Waals surface area contributed by atoms with Gasteiger partial charge in [0.05, 0.1) is 0 Å². The van der Waals surface area contributed by atoms with Crippen LogP contribution in [0.4, 0.5) is 4.39 Å². The van der Waals surface area contributed by atoms with Gasteiger partial charge in [-0.05, 0) is 59.9 Å². The van der Waals surface area contributed by atoms with E-state index in [9.17, 15) is 14.0 Å². The van der Waals surface area contributed by atoms with Crippen LogP contribution in [0.1, 0.15) is 82.9 Å². The van der Waals surface area contributed by atoms with Gasteiger partial charge in [-0.25, -0.2) is 4.39 Å². The molecule has 2 amide bonds. The quantitative estimate of drug-likeness (QED) is 0.499. The number of aryl methyl sites for hydroxylation is 1. The summed E-state index contributed by atoms with van der Waals surface area (Å²) in [5.74, 6) is -0.455. The zero-order valence-corrected chi connectivity index (χ0v) is 21.1. The average molecular weight is 467 g/mol. The molecule has 1 aliphatic rings. The molecule has 1 N–H and O–H groups in total. The summed E-state index contributed by atoms with van der Waals surface area (Å²) in [7, 11) is 0. The Balaban J connectivity index is 1.73. The van der Waals surface area contributed by atoms with Crippen molar-refractivity contribution in [1.29, 1.82) is 0 Å². The number of nitrogens with one attached hydrogen (secondary N) is 1. The van der Waals surface area contributed by atoms with Crippen LogP contribution in [0.2, 0.25) is 0 Å². The topological polar surface area (TPSA) is 49.4 Å². The number of nitrogens with zero attached hydrogens (tertiary/aromatic N) is 1. The van der Waals surface area contributed by atoms with E-state index in [4.69, 9.17) is 0 Å². The maximum atomic E-state index is 13.4. The van der Waals surface area contributed by atoms with Crippen LogP contribution in [0.25, 0.3) is 0 Å². The van der Waals surface area contributed by atoms with Gasteiger partial charge in [-0.1, -0.05) is 76.9 Å². The van der Waals surface area contributed by atoms with Gasteiger partial charge in [0.2, 0.25) is 11.8 Å². The summed E-state index contributed by atoms with van der Waals surface area (Å²) in [4.78, 5) is 28.3. The summed E-state index contributed by atoms with van der Waals surface area (Å²) < 4.78 is 13.4. The highest BCUT2D eigenvalue weighted by molar-refractivity contribution is 5.88. The van der Waals surface area contributed by atoms with Gasteiger partial charge < -0.3 is 10.2 Å². The molecular weight excluding hydrogens is 427 g/mol. The van der Waals surface area contributed by atoms with E-state index in [2.05, 4.69) is 50.4 Å². The average Bonchev–Trinajstić information content (AvgIpc) is 3.31. The highest BCUT2D eigenvalue weighted by atomic mass is 19.1. The Kier molecular flexibility index (Phi) is 8.87. The van der Waals surface area contributed by atoms with Crippen molar-refractivity contribution in [2.24, 2.45) is 0 Å². The van der Waals surface area contributed by atoms with Crippen LogP contribution >= 0.6 is 0 Å². The Morgan fingerprint density at radius 1 is 1.00 bits per heavy atom. The SMILES string of the molecule is CC[C@H](C(=O)NC1CCCC1)N(Cc1ccc(F)cc1)C(=O)CCc1ccc(C(C)(C)C)cc1. The van der Waals surface area contributed by atoms with Crippen LogP contribution in [-0.4, -0.2) is 28.8 Å². The van der Waals surface area contributed by atoms with E-state index in [1.807, 2.05) is 6.92 Å². The second-order valence-electron chi connectivity index (χ2n) is 10.5. The molecule has 4 nitrogen and oxygen atoms in total. The standard InChI is InChI=1S/C29H39FN2O2/c1-5-26(28(34)31-25-8-6-7-9-25)32(20-22-12-17-24(30)18-13-22)27(33)19-14-21-10-15-23(16-11-21)29(2,3)4/h10-13,15-18,25-26H,5-9,14,19-20H2,1-4H3,(H,31,34)/t26-/m1/s1. The van der Waals surface area contributed by atoms with Gasteiger partial charge in [-0.15, -0.1) is 0 Å². The number of benzene rings is 2. The van der Waals surface area contributed by atoms with Gasteiger partial charge in [-0.3, -0.25) is 9.59 Å². The minimum absolute atomic E-state index is 0.0577. The molecule has 0 spiro atoms. The van der Waals surface area contributed by atoms with Crippen molar-refractivity contribution in [1.82, 2.24) is 10.2 Å². The molecule has 34 heavy (non-hydrogen) atoms. The Labute approximate surface area is 203 Å². The number of carbonyl (C=O) groups excluding carboxylic acids is 2. The third-order valence-electron chi connectivity index (χ3n) is 6.80. The van der Waals surface area contributed by atoms with Crippen LogP contribution < -0.4 is 5.32 Å². The molecule has 0 radical (unpaired) electrons. The molecule has 0 unspecified atom stereocenters. The lowest BCUT2D eigenvalue weighted by molar-refractivity contribution is -0.141. The third kappa shape index (κ3) is 7.15. The fourth-order valence-electron chi connectivity index (χ4n) is 4.64. The second-order valence-corrected chi connectivity index (χ2v) is 10.5. The summed E-state index contributed by atoms with van der Waals surface area (Å²) in [5, 5.41) is 3.16. The predicted octanol–water partition coefficient (Wildman–Crippen LogP) is 5.92. The van der Waals surface area contributed by atoms with Crippen molar-refractivity contribution in [3.05, 3.63) is 71.0 Å². The Morgan fingerprint density at radius 2 is 1.59 bits per heavy atom. The molecule has 1 aliphatic carbocycles. The minimum Gasteiger partial charge on any atom is -0.352 e. The van der Waals surface area contributed by atoms with Crippen LogP contribution in [0.3, 0.4) is 0 Å². The van der Waals surface area contributed by atoms with E-state index in [1.54, 1.807) is 17.0 Å². The summed E-state index contributed by atoms with van der Waals surface area (Å²) >= 11 is 0. The fourth-order valence-corrected chi connectivity index (χ4v) is 4.64. The van der Waals surface area contributed by atoms with E-state index in [0.29, 0.717) is 25.8 Å². The van der Waals surface area contributed by atoms with Gasteiger partial charge in [0.15, 0.2) is 0 Å². The summed E-state index contributed by atoms with van der Waals surface area (Å²) in [6, 6.07) is 14.2. The third-order valence-corrected chi connectivity index (χ3v) is 6.80. The molecule has 0 aliphatic heterocycles. The first-order chi connectivity index (χ1) is 16.2. The van der Waals surface area contributed by atoms with Crippen molar-refractivity contribution in [2.45, 2.75) is 96.7 Å². The monoisotopic (exact) mass is 466 g/mol. The molecule has 2 aromatic rings. The predicted molar refractivity (Wildman–Crippen MR) is 135 cm³/mol. The molecule has 1 saturated carbocycles. The van der Waals surface area contributed by atoms with E-state index in [1.165, 1.54) is 17.7 Å². The van der Waals surface area contributed by atoms with E-state index in [-0.39, 0.29) is 29.1 Å². The van der Waals surface area contributed by atoms with Crippen molar-refractivity contribution in [3.63, 3.8) is 0 Å². The number of hydrogen-bond donors (Lipinski definition) is 1. The molecule has 3 rings (SSSR count). The maximum absolute atomic E-state index is 13.4. The number of carbonyl (C=O) groups is 2. The van der Waals surface area contributed by atoms with Crippen LogP contribution in [0, 0.1) is 5.82 Å². The van der Waals surface area contributed by atoms with Crippen molar-refractivity contribution in [2.75, 3.05) is 0 Å². The van der Waals surface area contributed by atoms with Gasteiger partial charge in [0.1, 0.15) is 11.9 Å². The normalized spacial score (nSPS) is 15.2. The molecule has 0 heterocycles. The molecule has 184 valence electrons. The molecule has 0 aromatic heterocycles. The van der Waals surface area contributed by atoms with Gasteiger partial charge in [0.25, 0.3) is 0 Å². The van der Waals surface area contributed by atoms with E-state index < -0.39 is 6.04 Å². The van der Waals surface area contributed by atoms with Crippen molar-refractivity contribution < 1.29 is 14.0 Å². The van der Waals surface area contributed by atoms with E-state index in [0.717, 1.165) is 36.8 Å². The molecule has 5 heteroatoms. The van der Waals surface area contributed by atoms with Crippen molar-refractivity contribution in [3.8, 4) is 0 Å². The molecule has 1 fully saturated rings. The number of amides is 2. The lowest BCUT2D eigenvalue weighted by Crippen LogP contribution is -2.51. The summed E-state index contributed by atoms with van der Waals surface area (Å²) in [6.07, 6.45) is 5.73. The Bertz CT molecular complexity index is 942. The van der Waals surface area contributed by atoms with Crippen LogP contribution in [0.15, 0.2) is 48.5 Å². The zero-order valence-electron chi connectivity index (χ0n) is 21.1. The first-order valence-electron chi connectivity index (χ1n) is 12.6. The van der Waals surface area contributed by atoms with Gasteiger partial charge in [0, 0.05) is 19.0 Å². The molecular formula is C29H39FN2O2. The molecule has 0 saturated heterocycles. The maximum Gasteiger partial charge on any atom is 0.243 e. The smallest absolute Gasteiger partial charge is 0.243 e. The lowest BCUT2D eigenvalue weighted by atomic mass is 9.86. The number of halogens is 1. The minimum atomic E-state index is -0.540. The summed E-state index contributed by atoms with van der Waals surface area (Å²) in [5.41, 5.74) is 3.26. The highest BCUT2D eigenvalue weighted by Crippen LogP contribution is 2.23. The van der Waals surface area contributed by atoms with Crippen molar-refractivity contribution >= 4 is 11.8 Å². The van der Waals surface area contributed by atoms with Crippen LogP contribution in [0.5, 0.6) is 0 Å². The number of hydrogen-bond acceptors (Lipinski definition) is 2. The summed E-state index contributed by atoms with van der Waals surface area (Å²) in [6.45, 7) is 8.77. The second kappa shape index (κ2) is 11.6. The largest absolute Gasteiger partial charge is 0.352 e. The molecule has 1 atom stereocenters. The molecule has 2 aromatic carbocycles. The first-order valence-corrected chi connectivity index (χ1v) is 12.6. The number of rotatable bonds is 9. The van der Waals surface area contributed by atoms with Crippen LogP contribution in [-0.2, 0) is 28.0 Å².